The lowest BCUT2D eigenvalue weighted by Crippen LogP contribution is -2.53. The number of aromatic nitrogens is 2. The van der Waals surface area contributed by atoms with Gasteiger partial charge in [-0.1, -0.05) is 110 Å². The summed E-state index contributed by atoms with van der Waals surface area (Å²) in [5.74, 6) is 0.595. The van der Waals surface area contributed by atoms with Crippen molar-refractivity contribution in [1.29, 1.82) is 0 Å². The molecule has 1 N–H and O–H groups in total. The van der Waals surface area contributed by atoms with Crippen molar-refractivity contribution in [2.75, 3.05) is 19.7 Å². The van der Waals surface area contributed by atoms with Gasteiger partial charge in [0.05, 0.1) is 25.2 Å². The van der Waals surface area contributed by atoms with Crippen LogP contribution in [-0.2, 0) is 13.6 Å². The summed E-state index contributed by atoms with van der Waals surface area (Å²) in [7, 11) is -4.39. The number of pyridine rings is 2. The zero-order valence-corrected chi connectivity index (χ0v) is 36.1. The van der Waals surface area contributed by atoms with Gasteiger partial charge in [-0.25, -0.2) is 9.98 Å². The average Bonchev–Trinajstić information content (AvgIpc) is 3.44. The van der Waals surface area contributed by atoms with E-state index in [4.69, 9.17) is 23.6 Å². The lowest BCUT2D eigenvalue weighted by atomic mass is 10.0. The molecule has 50 heavy (non-hydrogen) atoms. The van der Waals surface area contributed by atoms with Gasteiger partial charge in [0, 0.05) is 36.5 Å². The first-order chi connectivity index (χ1) is 23.5. The maximum Gasteiger partial charge on any atom is 0.249 e. The summed E-state index contributed by atoms with van der Waals surface area (Å²) >= 11 is 0. The van der Waals surface area contributed by atoms with Gasteiger partial charge in [0.2, 0.25) is 13.9 Å². The van der Waals surface area contributed by atoms with Crippen LogP contribution in [0.15, 0.2) is 28.0 Å². The lowest BCUT2D eigenvalue weighted by molar-refractivity contribution is -0.0179. The molecular formula is C40H72N4O4Si2. The highest BCUT2D eigenvalue weighted by Gasteiger charge is 2.52. The van der Waals surface area contributed by atoms with Crippen LogP contribution in [-0.4, -0.2) is 69.7 Å². The van der Waals surface area contributed by atoms with E-state index in [1.165, 1.54) is 0 Å². The monoisotopic (exact) mass is 729 g/mol. The molecule has 3 atom stereocenters. The summed E-state index contributed by atoms with van der Waals surface area (Å²) in [6.45, 7) is 35.0. The number of hydrogen-bond donors (Lipinski definition) is 1. The zero-order valence-electron chi connectivity index (χ0n) is 34.1. The van der Waals surface area contributed by atoms with Gasteiger partial charge in [0.1, 0.15) is 11.8 Å². The maximum atomic E-state index is 12.3. The predicted molar refractivity (Wildman–Crippen MR) is 217 cm³/mol. The SMILES string of the molecule is CCCCN(/C=N/c1nc2[nH]c(=O)ccc2cc1[C@H]1C[C@H](O[Si](C(C)C)(C(C)C)C(C)C)[C@@H](CO[Si](C(C)C)(C(C)C)C(C)C)O1)CCCC. The first-order valence-electron chi connectivity index (χ1n) is 19.8. The van der Waals surface area contributed by atoms with Crippen LogP contribution in [0.4, 0.5) is 5.82 Å². The largest absolute Gasteiger partial charge is 0.413 e. The number of aromatic amines is 1. The summed E-state index contributed by atoms with van der Waals surface area (Å²) in [5, 5.41) is 0.870. The molecule has 10 heteroatoms. The second-order valence-electron chi connectivity index (χ2n) is 16.7. The molecule has 0 amide bonds. The van der Waals surface area contributed by atoms with Gasteiger partial charge >= 0.3 is 0 Å². The summed E-state index contributed by atoms with van der Waals surface area (Å²) in [6.07, 6.45) is 6.55. The molecule has 0 aromatic carbocycles. The molecular weight excluding hydrogens is 657 g/mol. The van der Waals surface area contributed by atoms with E-state index < -0.39 is 16.6 Å². The van der Waals surface area contributed by atoms with Crippen molar-refractivity contribution < 1.29 is 13.6 Å². The highest BCUT2D eigenvalue weighted by Crippen LogP contribution is 2.48. The summed E-state index contributed by atoms with van der Waals surface area (Å²) in [4.78, 5) is 27.6. The van der Waals surface area contributed by atoms with Crippen LogP contribution in [0.25, 0.3) is 11.0 Å². The topological polar surface area (TPSA) is 89.0 Å². The summed E-state index contributed by atoms with van der Waals surface area (Å²) < 4.78 is 21.9. The number of fused-ring (bicyclic) bond motifs is 1. The van der Waals surface area contributed by atoms with Crippen molar-refractivity contribution in [3.05, 3.63) is 34.1 Å². The first-order valence-corrected chi connectivity index (χ1v) is 24.1. The van der Waals surface area contributed by atoms with Crippen molar-refractivity contribution in [1.82, 2.24) is 14.9 Å². The Morgan fingerprint density at radius 1 is 0.880 bits per heavy atom. The minimum atomic E-state index is -2.24. The van der Waals surface area contributed by atoms with E-state index in [0.29, 0.717) is 57.7 Å². The first kappa shape index (κ1) is 42.6. The normalized spacial score (nSPS) is 19.2. The van der Waals surface area contributed by atoms with Gasteiger partial charge in [-0.05, 0) is 58.2 Å². The van der Waals surface area contributed by atoms with Crippen LogP contribution in [0.5, 0.6) is 0 Å². The maximum absolute atomic E-state index is 12.3. The second-order valence-corrected chi connectivity index (χ2v) is 27.5. The zero-order chi connectivity index (χ0) is 37.4. The number of rotatable bonds is 20. The number of unbranched alkanes of at least 4 members (excludes halogenated alkanes) is 2. The Kier molecular flexibility index (Phi) is 16.0. The minimum absolute atomic E-state index is 0.106. The third kappa shape index (κ3) is 9.57. The van der Waals surface area contributed by atoms with Crippen molar-refractivity contribution in [2.45, 2.75) is 181 Å². The minimum Gasteiger partial charge on any atom is -0.413 e. The molecule has 1 saturated heterocycles. The Labute approximate surface area is 306 Å². The lowest BCUT2D eigenvalue weighted by Gasteiger charge is -2.46. The molecule has 1 fully saturated rings. The Bertz CT molecular complexity index is 1370. The molecule has 0 radical (unpaired) electrons. The fourth-order valence-corrected chi connectivity index (χ4v) is 20.1. The number of nitrogens with zero attached hydrogens (tertiary/aromatic N) is 3. The molecule has 1 aliphatic heterocycles. The molecule has 0 saturated carbocycles. The number of nitrogens with one attached hydrogen (secondary N) is 1. The Morgan fingerprint density at radius 3 is 1.92 bits per heavy atom. The molecule has 8 nitrogen and oxygen atoms in total. The fraction of sp³-hybridized carbons (Fsp3) is 0.775. The highest BCUT2D eigenvalue weighted by molar-refractivity contribution is 6.78. The van der Waals surface area contributed by atoms with Gasteiger partial charge < -0.3 is 23.5 Å². The molecule has 3 heterocycles. The van der Waals surface area contributed by atoms with E-state index in [1.807, 2.05) is 12.4 Å². The third-order valence-corrected chi connectivity index (χ3v) is 23.7. The van der Waals surface area contributed by atoms with Crippen molar-refractivity contribution in [3.63, 3.8) is 0 Å². The number of aliphatic imine (C=N–C) groups is 1. The summed E-state index contributed by atoms with van der Waals surface area (Å²) in [6, 6.07) is 5.53. The molecule has 3 rings (SSSR count). The smallest absolute Gasteiger partial charge is 0.249 e. The molecule has 2 aromatic heterocycles. The molecule has 0 bridgehead atoms. The Morgan fingerprint density at radius 2 is 1.42 bits per heavy atom. The van der Waals surface area contributed by atoms with Gasteiger partial charge in [0.15, 0.2) is 14.1 Å². The second kappa shape index (κ2) is 18.8. The van der Waals surface area contributed by atoms with Crippen molar-refractivity contribution in [2.24, 2.45) is 4.99 Å². The van der Waals surface area contributed by atoms with E-state index in [9.17, 15) is 4.79 Å². The van der Waals surface area contributed by atoms with Crippen molar-refractivity contribution in [3.8, 4) is 0 Å². The van der Waals surface area contributed by atoms with Crippen LogP contribution < -0.4 is 5.56 Å². The van der Waals surface area contributed by atoms with Crippen LogP contribution in [0.1, 0.15) is 141 Å². The van der Waals surface area contributed by atoms with Crippen LogP contribution >= 0.6 is 0 Å². The van der Waals surface area contributed by atoms with E-state index in [2.05, 4.69) is 113 Å². The molecule has 0 spiro atoms. The average molecular weight is 729 g/mol. The van der Waals surface area contributed by atoms with Crippen LogP contribution in [0, 0.1) is 0 Å². The van der Waals surface area contributed by atoms with E-state index in [-0.39, 0.29) is 23.9 Å². The molecule has 284 valence electrons. The van der Waals surface area contributed by atoms with Crippen LogP contribution in [0.2, 0.25) is 33.2 Å². The van der Waals surface area contributed by atoms with E-state index in [1.54, 1.807) is 6.07 Å². The van der Waals surface area contributed by atoms with E-state index in [0.717, 1.165) is 49.7 Å². The van der Waals surface area contributed by atoms with Gasteiger partial charge in [-0.2, -0.15) is 0 Å². The molecule has 1 aliphatic rings. The Balaban J connectivity index is 2.14. The number of ether oxygens (including phenoxy) is 1. The molecule has 0 aliphatic carbocycles. The Hall–Kier alpha value is -1.86. The van der Waals surface area contributed by atoms with Gasteiger partial charge in [-0.15, -0.1) is 0 Å². The molecule has 2 aromatic rings. The fourth-order valence-electron chi connectivity index (χ4n) is 9.10. The third-order valence-electron chi connectivity index (χ3n) is 11.5. The van der Waals surface area contributed by atoms with Gasteiger partial charge in [-0.3, -0.25) is 4.79 Å². The highest BCUT2D eigenvalue weighted by atomic mass is 28.4. The quantitative estimate of drug-likeness (QED) is 0.0829. The number of hydrogen-bond acceptors (Lipinski definition) is 6. The van der Waals surface area contributed by atoms with Gasteiger partial charge in [0.25, 0.3) is 0 Å². The summed E-state index contributed by atoms with van der Waals surface area (Å²) in [5.41, 5.74) is 4.10. The van der Waals surface area contributed by atoms with Crippen LogP contribution in [0.3, 0.4) is 0 Å². The predicted octanol–water partition coefficient (Wildman–Crippen LogP) is 11.1. The standard InChI is InChI=1S/C40H72N4O4Si2/c1-15-17-21-44(22-18-16-2)26-41-40-34(23-33-19-20-38(45)42-39(33)43-40)35-24-36(48-50(30(9)10,31(11)12)32(13)14)37(47-35)25-46-49(27(3)4,28(5)6)29(7)8/h19-20,23,26-32,35-37H,15-18,21-22,24-25H2,1-14H3,(H,42,43,45)/b41-26+/t35-,36+,37-/m1/s1. The van der Waals surface area contributed by atoms with Crippen molar-refractivity contribution >= 4 is 39.8 Å². The van der Waals surface area contributed by atoms with E-state index >= 15 is 0 Å². The number of H-pyrrole nitrogens is 1. The molecule has 0 unspecified atom stereocenters.